The van der Waals surface area contributed by atoms with E-state index in [4.69, 9.17) is 5.11 Å². The third-order valence-corrected chi connectivity index (χ3v) is 1.97. The summed E-state index contributed by atoms with van der Waals surface area (Å²) in [4.78, 5) is 35.7. The molecule has 0 radical (unpaired) electrons. The van der Waals surface area contributed by atoms with Gasteiger partial charge in [-0.25, -0.2) is 4.79 Å². The van der Waals surface area contributed by atoms with Crippen molar-refractivity contribution in [2.45, 2.75) is 0 Å². The highest BCUT2D eigenvalue weighted by atomic mass is 16.4. The minimum atomic E-state index is -1.31. The number of carbonyl (C=O) groups is 1. The molecule has 2 N–H and O–H groups in total. The van der Waals surface area contributed by atoms with Gasteiger partial charge in [0.25, 0.3) is 5.56 Å². The maximum absolute atomic E-state index is 11.5. The summed E-state index contributed by atoms with van der Waals surface area (Å²) in [5.41, 5.74) is -1.03. The summed E-state index contributed by atoms with van der Waals surface area (Å²) in [6.07, 6.45) is 2.31. The molecule has 0 aromatic carbocycles. The van der Waals surface area contributed by atoms with Gasteiger partial charge in [0.1, 0.15) is 11.2 Å². The van der Waals surface area contributed by atoms with Gasteiger partial charge in [-0.3, -0.25) is 14.0 Å². The fourth-order valence-corrected chi connectivity index (χ4v) is 1.26. The Kier molecular flexibility index (Phi) is 1.89. The molecule has 6 nitrogen and oxygen atoms in total. The molecule has 2 aromatic rings. The van der Waals surface area contributed by atoms with Crippen LogP contribution < -0.4 is 11.0 Å². The molecule has 0 amide bonds. The fraction of sp³-hybridized carbons (Fsp3) is 0. The van der Waals surface area contributed by atoms with Crippen LogP contribution in [0, 0.1) is 0 Å². The largest absolute Gasteiger partial charge is 0.477 e. The predicted molar refractivity (Wildman–Crippen MR) is 51.2 cm³/mol. The molecule has 0 spiro atoms. The number of fused-ring (bicyclic) bond motifs is 1. The number of nitrogens with one attached hydrogen (secondary N) is 1. The molecule has 2 aromatic heterocycles. The van der Waals surface area contributed by atoms with E-state index in [2.05, 4.69) is 4.98 Å². The van der Waals surface area contributed by atoms with Gasteiger partial charge in [-0.05, 0) is 0 Å². The first-order valence-corrected chi connectivity index (χ1v) is 4.07. The van der Waals surface area contributed by atoms with Crippen LogP contribution in [0.5, 0.6) is 0 Å². The molecule has 0 saturated carbocycles. The zero-order valence-electron chi connectivity index (χ0n) is 7.43. The average molecular weight is 206 g/mol. The van der Waals surface area contributed by atoms with Gasteiger partial charge in [0, 0.05) is 24.5 Å². The lowest BCUT2D eigenvalue weighted by atomic mass is 10.3. The third-order valence-electron chi connectivity index (χ3n) is 1.97. The lowest BCUT2D eigenvalue weighted by Gasteiger charge is -2.00. The number of nitrogens with zero attached hydrogens (tertiary/aromatic N) is 1. The number of aromatic carboxylic acids is 1. The number of hydrogen-bond donors (Lipinski definition) is 2. The van der Waals surface area contributed by atoms with Gasteiger partial charge in [0.15, 0.2) is 5.43 Å². The molecule has 2 heterocycles. The topological polar surface area (TPSA) is 91.6 Å². The van der Waals surface area contributed by atoms with Crippen LogP contribution in [0.25, 0.3) is 5.65 Å². The Bertz CT molecular complexity index is 653. The minimum absolute atomic E-state index is 0.256. The van der Waals surface area contributed by atoms with E-state index in [1.165, 1.54) is 18.3 Å². The summed E-state index contributed by atoms with van der Waals surface area (Å²) in [5, 5.41) is 8.68. The number of aromatic nitrogens is 2. The highest BCUT2D eigenvalue weighted by Gasteiger charge is 2.10. The maximum atomic E-state index is 11.5. The molecule has 0 aliphatic rings. The van der Waals surface area contributed by atoms with Gasteiger partial charge in [0.05, 0.1) is 0 Å². The maximum Gasteiger partial charge on any atom is 0.342 e. The van der Waals surface area contributed by atoms with E-state index < -0.39 is 11.5 Å². The summed E-state index contributed by atoms with van der Waals surface area (Å²) in [6, 6.07) is 2.40. The van der Waals surface area contributed by atoms with Gasteiger partial charge in [-0.2, -0.15) is 0 Å². The van der Waals surface area contributed by atoms with Crippen molar-refractivity contribution in [1.82, 2.24) is 9.38 Å². The van der Waals surface area contributed by atoms with Crippen LogP contribution >= 0.6 is 0 Å². The molecule has 0 fully saturated rings. The fourth-order valence-electron chi connectivity index (χ4n) is 1.26. The summed E-state index contributed by atoms with van der Waals surface area (Å²) in [5.74, 6) is -1.31. The number of carboxylic acid groups (broad SMARTS) is 1. The molecule has 2 rings (SSSR count). The minimum Gasteiger partial charge on any atom is -0.477 e. The molecular weight excluding hydrogens is 200 g/mol. The van der Waals surface area contributed by atoms with Crippen molar-refractivity contribution in [2.24, 2.45) is 0 Å². The molecule has 0 atom stereocenters. The van der Waals surface area contributed by atoms with E-state index in [9.17, 15) is 14.4 Å². The monoisotopic (exact) mass is 206 g/mol. The Hall–Kier alpha value is -2.37. The van der Waals surface area contributed by atoms with Crippen LogP contribution in [0.4, 0.5) is 0 Å². The summed E-state index contributed by atoms with van der Waals surface area (Å²) >= 11 is 0. The first kappa shape index (κ1) is 9.20. The first-order valence-electron chi connectivity index (χ1n) is 4.07. The van der Waals surface area contributed by atoms with E-state index in [0.29, 0.717) is 0 Å². The number of H-pyrrole nitrogens is 1. The van der Waals surface area contributed by atoms with Crippen molar-refractivity contribution in [3.8, 4) is 0 Å². The Morgan fingerprint density at radius 2 is 2.13 bits per heavy atom. The average Bonchev–Trinajstić information content (AvgIpc) is 2.17. The number of carboxylic acids is 1. The number of pyridine rings is 1. The first-order chi connectivity index (χ1) is 7.09. The van der Waals surface area contributed by atoms with Gasteiger partial charge < -0.3 is 10.1 Å². The number of aromatic amines is 1. The van der Waals surface area contributed by atoms with E-state index >= 15 is 0 Å². The Balaban J connectivity index is 2.92. The quantitative estimate of drug-likeness (QED) is 0.669. The van der Waals surface area contributed by atoms with Crippen molar-refractivity contribution in [1.29, 1.82) is 0 Å². The normalized spacial score (nSPS) is 10.4. The van der Waals surface area contributed by atoms with Gasteiger partial charge in [-0.15, -0.1) is 0 Å². The van der Waals surface area contributed by atoms with Crippen LogP contribution in [-0.2, 0) is 0 Å². The van der Waals surface area contributed by atoms with Gasteiger partial charge in [-0.1, -0.05) is 0 Å². The molecule has 0 aliphatic heterocycles. The Labute approximate surface area is 82.4 Å². The number of rotatable bonds is 1. The van der Waals surface area contributed by atoms with Crippen LogP contribution in [0.2, 0.25) is 0 Å². The van der Waals surface area contributed by atoms with Crippen LogP contribution in [-0.4, -0.2) is 20.5 Å². The van der Waals surface area contributed by atoms with Crippen molar-refractivity contribution >= 4 is 11.6 Å². The van der Waals surface area contributed by atoms with Crippen LogP contribution in [0.1, 0.15) is 10.4 Å². The van der Waals surface area contributed by atoms with Crippen molar-refractivity contribution in [3.05, 3.63) is 50.7 Å². The van der Waals surface area contributed by atoms with E-state index in [1.54, 1.807) is 0 Å². The Morgan fingerprint density at radius 1 is 1.40 bits per heavy atom. The van der Waals surface area contributed by atoms with E-state index in [-0.39, 0.29) is 16.6 Å². The summed E-state index contributed by atoms with van der Waals surface area (Å²) in [6.45, 7) is 0. The van der Waals surface area contributed by atoms with E-state index in [1.807, 2.05) is 0 Å². The van der Waals surface area contributed by atoms with Crippen molar-refractivity contribution in [3.63, 3.8) is 0 Å². The van der Waals surface area contributed by atoms with Crippen LogP contribution in [0.15, 0.2) is 34.1 Å². The zero-order valence-corrected chi connectivity index (χ0v) is 7.43. The molecule has 0 aliphatic carbocycles. The standard InChI is InChI=1S/C9H6N2O4/c12-5-1-2-11-7(3-5)10-4-6(8(11)13)9(14)15/h1-4,10H,(H,14,15). The zero-order chi connectivity index (χ0) is 11.0. The van der Waals surface area contributed by atoms with E-state index in [0.717, 1.165) is 10.6 Å². The van der Waals surface area contributed by atoms with Gasteiger partial charge >= 0.3 is 5.97 Å². The second-order valence-electron chi connectivity index (χ2n) is 2.93. The lowest BCUT2D eigenvalue weighted by molar-refractivity contribution is 0.0694. The highest BCUT2D eigenvalue weighted by Crippen LogP contribution is 1.94. The van der Waals surface area contributed by atoms with Gasteiger partial charge in [0.2, 0.25) is 0 Å². The lowest BCUT2D eigenvalue weighted by Crippen LogP contribution is -2.23. The molecule has 0 bridgehead atoms. The molecule has 6 heteroatoms. The SMILES string of the molecule is O=C(O)c1c[nH]c2cc(=O)ccn2c1=O. The highest BCUT2D eigenvalue weighted by molar-refractivity contribution is 5.86. The van der Waals surface area contributed by atoms with Crippen LogP contribution in [0.3, 0.4) is 0 Å². The smallest absolute Gasteiger partial charge is 0.342 e. The molecular formula is C9H6N2O4. The Morgan fingerprint density at radius 3 is 2.80 bits per heavy atom. The van der Waals surface area contributed by atoms with Crippen molar-refractivity contribution in [2.75, 3.05) is 0 Å². The molecule has 76 valence electrons. The third kappa shape index (κ3) is 1.41. The number of hydrogen-bond acceptors (Lipinski definition) is 3. The predicted octanol–water partition coefficient (Wildman–Crippen LogP) is -0.314. The molecule has 0 unspecified atom stereocenters. The summed E-state index contributed by atoms with van der Waals surface area (Å²) in [7, 11) is 0. The molecule has 15 heavy (non-hydrogen) atoms. The van der Waals surface area contributed by atoms with Crippen molar-refractivity contribution < 1.29 is 9.90 Å². The second-order valence-corrected chi connectivity index (χ2v) is 2.93. The molecule has 0 saturated heterocycles. The second kappa shape index (κ2) is 3.09. The summed E-state index contributed by atoms with van der Waals surface area (Å²) < 4.78 is 1.07.